The Labute approximate surface area is 207 Å². The molecule has 0 radical (unpaired) electrons. The first-order valence-electron chi connectivity index (χ1n) is 11.2. The molecule has 1 aromatic carbocycles. The number of benzene rings is 1. The Kier molecular flexibility index (Phi) is 5.26. The fraction of sp³-hybridized carbons (Fsp3) is 0.333. The van der Waals surface area contributed by atoms with Gasteiger partial charge in [0.15, 0.2) is 11.6 Å². The van der Waals surface area contributed by atoms with Crippen molar-refractivity contribution in [1.29, 1.82) is 5.26 Å². The average Bonchev–Trinajstić information content (AvgIpc) is 3.57. The number of hydrogen-bond acceptors (Lipinski definition) is 9. The van der Waals surface area contributed by atoms with E-state index in [0.29, 0.717) is 23.1 Å². The van der Waals surface area contributed by atoms with Crippen LogP contribution < -0.4 is 10.6 Å². The van der Waals surface area contributed by atoms with Crippen molar-refractivity contribution in [3.8, 4) is 17.3 Å². The van der Waals surface area contributed by atoms with Gasteiger partial charge in [0.1, 0.15) is 22.8 Å². The van der Waals surface area contributed by atoms with Crippen molar-refractivity contribution >= 4 is 43.3 Å². The van der Waals surface area contributed by atoms with Crippen molar-refractivity contribution in [3.63, 3.8) is 0 Å². The zero-order valence-electron chi connectivity index (χ0n) is 19.3. The van der Waals surface area contributed by atoms with E-state index in [2.05, 4.69) is 15.0 Å². The number of rotatable bonds is 3. The van der Waals surface area contributed by atoms with Gasteiger partial charge >= 0.3 is 0 Å². The number of aromatic nitrogens is 3. The van der Waals surface area contributed by atoms with E-state index in [1.807, 2.05) is 6.07 Å². The Morgan fingerprint density at radius 2 is 1.97 bits per heavy atom. The van der Waals surface area contributed by atoms with Crippen LogP contribution in [0.2, 0.25) is 0 Å². The number of fused-ring (bicyclic) bond motifs is 4. The average molecular weight is 512 g/mol. The summed E-state index contributed by atoms with van der Waals surface area (Å²) in [5.74, 6) is -1.11. The van der Waals surface area contributed by atoms with Gasteiger partial charge in [0.05, 0.1) is 48.0 Å². The van der Waals surface area contributed by atoms with Gasteiger partial charge in [-0.25, -0.2) is 23.1 Å². The van der Waals surface area contributed by atoms with Crippen molar-refractivity contribution in [2.24, 2.45) is 0 Å². The summed E-state index contributed by atoms with van der Waals surface area (Å²) in [6.07, 6.45) is 1.43. The van der Waals surface area contributed by atoms with E-state index in [0.717, 1.165) is 17.5 Å². The molecule has 1 saturated heterocycles. The van der Waals surface area contributed by atoms with Gasteiger partial charge in [-0.1, -0.05) is 0 Å². The summed E-state index contributed by atoms with van der Waals surface area (Å²) in [6, 6.07) is 1.67. The number of nitrogens with two attached hydrogens (primary N) is 1. The summed E-state index contributed by atoms with van der Waals surface area (Å²) in [6.45, 7) is 0.780. The van der Waals surface area contributed by atoms with E-state index in [9.17, 15) is 14.0 Å². The second-order valence-corrected chi connectivity index (χ2v) is 10.2. The van der Waals surface area contributed by atoms with E-state index in [1.165, 1.54) is 6.20 Å². The molecule has 0 amide bonds. The van der Waals surface area contributed by atoms with Crippen molar-refractivity contribution in [1.82, 2.24) is 19.9 Å². The highest BCUT2D eigenvalue weighted by Gasteiger charge is 2.36. The number of thiophene rings is 1. The molecule has 8 nitrogen and oxygen atoms in total. The molecule has 184 valence electrons. The van der Waals surface area contributed by atoms with Gasteiger partial charge in [0, 0.05) is 29.1 Å². The number of hydrogen-bond donors (Lipinski definition) is 1. The fourth-order valence-corrected chi connectivity index (χ4v) is 6.01. The van der Waals surface area contributed by atoms with Gasteiger partial charge in [-0.3, -0.25) is 4.98 Å². The highest BCUT2D eigenvalue weighted by Crippen LogP contribution is 2.45. The fourth-order valence-electron chi connectivity index (χ4n) is 5.09. The lowest BCUT2D eigenvalue weighted by molar-refractivity contribution is 0.135. The van der Waals surface area contributed by atoms with Crippen LogP contribution in [0.25, 0.3) is 32.2 Å². The number of nitrogen functional groups attached to an aromatic ring is 1. The predicted molar refractivity (Wildman–Crippen MR) is 130 cm³/mol. The molecule has 0 spiro atoms. The normalized spacial score (nSPS) is 19.5. The van der Waals surface area contributed by atoms with Crippen molar-refractivity contribution in [3.05, 3.63) is 40.7 Å². The van der Waals surface area contributed by atoms with E-state index in [1.54, 1.807) is 23.9 Å². The molecule has 12 heteroatoms. The molecule has 0 unspecified atom stereocenters. The molecule has 4 aromatic rings. The van der Waals surface area contributed by atoms with Crippen LogP contribution in [0.5, 0.6) is 0 Å². The minimum atomic E-state index is -1.10. The van der Waals surface area contributed by atoms with E-state index in [-0.39, 0.29) is 69.2 Å². The summed E-state index contributed by atoms with van der Waals surface area (Å²) < 4.78 is 51.3. The lowest BCUT2D eigenvalue weighted by Gasteiger charge is -2.21. The molecule has 0 aliphatic carbocycles. The van der Waals surface area contributed by atoms with E-state index < -0.39 is 17.8 Å². The third-order valence-electron chi connectivity index (χ3n) is 6.90. The number of anilines is 2. The molecule has 2 atom stereocenters. The molecular weight excluding hydrogens is 491 g/mol. The predicted octanol–water partition coefficient (Wildman–Crippen LogP) is 3.76. The molecule has 0 saturated carbocycles. The van der Waals surface area contributed by atoms with Crippen LogP contribution >= 0.6 is 11.3 Å². The number of nitrogens with zero attached hydrogens (tertiary/aromatic N) is 6. The molecule has 2 aliphatic rings. The standard InChI is InChI=1S/C24H20F3N7OS/c1-33(2)16-7-34(6-15(16)26)24-31-4-11-12-8-35-9-13(12)17(19(27)20(11)32-24)21-18-10(3-28)23(29)36-22(18)14(25)5-30-21/h4-5,15-16H,6-9,29H2,1-2H3/t15-,16-/m1/s1. The Balaban J connectivity index is 1.59. The van der Waals surface area contributed by atoms with Gasteiger partial charge < -0.3 is 20.3 Å². The maximum atomic E-state index is 16.3. The summed E-state index contributed by atoms with van der Waals surface area (Å²) >= 11 is 0.918. The molecule has 2 N–H and O–H groups in total. The lowest BCUT2D eigenvalue weighted by atomic mass is 9.94. The zero-order valence-corrected chi connectivity index (χ0v) is 20.2. The van der Waals surface area contributed by atoms with Gasteiger partial charge in [-0.2, -0.15) is 5.26 Å². The molecule has 0 bridgehead atoms. The third kappa shape index (κ3) is 3.23. The summed E-state index contributed by atoms with van der Waals surface area (Å²) in [5.41, 5.74) is 7.50. The van der Waals surface area contributed by atoms with Gasteiger partial charge in [-0.15, -0.1) is 11.3 Å². The smallest absolute Gasteiger partial charge is 0.226 e. The van der Waals surface area contributed by atoms with Crippen LogP contribution in [0, 0.1) is 23.0 Å². The third-order valence-corrected chi connectivity index (χ3v) is 7.93. The highest BCUT2D eigenvalue weighted by molar-refractivity contribution is 7.23. The summed E-state index contributed by atoms with van der Waals surface area (Å²) in [7, 11) is 3.61. The van der Waals surface area contributed by atoms with Crippen LogP contribution in [0.1, 0.15) is 16.7 Å². The van der Waals surface area contributed by atoms with Gasteiger partial charge in [0.2, 0.25) is 5.95 Å². The van der Waals surface area contributed by atoms with Crippen LogP contribution in [0.3, 0.4) is 0 Å². The SMILES string of the molecule is CN(C)[C@@H]1CN(c2ncc3c4c(c(-c5ncc(F)c6sc(N)c(C#N)c56)c(F)c3n2)COC4)C[C@H]1F. The monoisotopic (exact) mass is 511 g/mol. The first-order chi connectivity index (χ1) is 17.3. The lowest BCUT2D eigenvalue weighted by Crippen LogP contribution is -2.36. The molecule has 2 aliphatic heterocycles. The second kappa shape index (κ2) is 8.26. The van der Waals surface area contributed by atoms with E-state index >= 15 is 4.39 Å². The van der Waals surface area contributed by atoms with Crippen LogP contribution in [0.4, 0.5) is 24.1 Å². The number of likely N-dealkylation sites (N-methyl/N-ethyl adjacent to an activating group) is 1. The molecule has 3 aromatic heterocycles. The Morgan fingerprint density at radius 1 is 1.19 bits per heavy atom. The molecule has 1 fully saturated rings. The largest absolute Gasteiger partial charge is 0.389 e. The second-order valence-electron chi connectivity index (χ2n) is 9.14. The number of ether oxygens (including phenoxy) is 1. The van der Waals surface area contributed by atoms with Crippen molar-refractivity contribution in [2.45, 2.75) is 25.4 Å². The van der Waals surface area contributed by atoms with Crippen LogP contribution in [0.15, 0.2) is 12.4 Å². The molecule has 36 heavy (non-hydrogen) atoms. The number of alkyl halides is 1. The van der Waals surface area contributed by atoms with E-state index in [4.69, 9.17) is 10.5 Å². The molecular formula is C24H20F3N7OS. The van der Waals surface area contributed by atoms with Crippen LogP contribution in [-0.2, 0) is 18.0 Å². The van der Waals surface area contributed by atoms with Gasteiger partial charge in [-0.05, 0) is 25.2 Å². The van der Waals surface area contributed by atoms with Gasteiger partial charge in [0.25, 0.3) is 0 Å². The maximum Gasteiger partial charge on any atom is 0.226 e. The Morgan fingerprint density at radius 3 is 2.69 bits per heavy atom. The quantitative estimate of drug-likeness (QED) is 0.444. The zero-order chi connectivity index (χ0) is 25.3. The highest BCUT2D eigenvalue weighted by atomic mass is 32.1. The Bertz CT molecular complexity index is 1600. The summed E-state index contributed by atoms with van der Waals surface area (Å²) in [4.78, 5) is 16.6. The van der Waals surface area contributed by atoms with Crippen LogP contribution in [-0.4, -0.2) is 59.3 Å². The minimum absolute atomic E-state index is 0.0314. The number of halogens is 3. The number of pyridine rings is 1. The topological polar surface area (TPSA) is 104 Å². The Hall–Kier alpha value is -3.53. The van der Waals surface area contributed by atoms with Crippen molar-refractivity contribution in [2.75, 3.05) is 37.8 Å². The maximum absolute atomic E-state index is 16.3. The van der Waals surface area contributed by atoms with Crippen molar-refractivity contribution < 1.29 is 17.9 Å². The summed E-state index contributed by atoms with van der Waals surface area (Å²) in [5, 5.41) is 10.5. The number of nitriles is 1. The molecule has 5 heterocycles. The molecule has 6 rings (SSSR count). The first kappa shape index (κ1) is 22.9. The minimum Gasteiger partial charge on any atom is -0.389 e. The first-order valence-corrected chi connectivity index (χ1v) is 12.0.